The van der Waals surface area contributed by atoms with Gasteiger partial charge >= 0.3 is 0 Å². The number of thiazole rings is 1. The quantitative estimate of drug-likeness (QED) is 0.758. The van der Waals surface area contributed by atoms with Crippen LogP contribution in [0, 0.1) is 5.92 Å². The zero-order valence-electron chi connectivity index (χ0n) is 8.62. The molecule has 0 saturated carbocycles. The Hall–Kier alpha value is -0.740. The molecule has 78 valence electrons. The van der Waals surface area contributed by atoms with Crippen LogP contribution >= 0.6 is 11.3 Å². The summed E-state index contributed by atoms with van der Waals surface area (Å²) in [5.41, 5.74) is 6.34. The second kappa shape index (κ2) is 5.22. The molecule has 1 rings (SSSR count). The summed E-state index contributed by atoms with van der Waals surface area (Å²) >= 11 is 1.42. The van der Waals surface area contributed by atoms with E-state index in [1.54, 1.807) is 0 Å². The first-order chi connectivity index (χ1) is 6.63. The van der Waals surface area contributed by atoms with Gasteiger partial charge in [0.05, 0.1) is 5.69 Å². The van der Waals surface area contributed by atoms with Crippen LogP contribution < -0.4 is 5.73 Å². The standard InChI is InChI=1S/C10H16N2OS/c1-7(2)5-9(13)10-12-8(3-4-11)6-14-10/h6-7H,3-5,11H2,1-2H3. The van der Waals surface area contributed by atoms with Crippen molar-refractivity contribution < 1.29 is 4.79 Å². The number of hydrogen-bond donors (Lipinski definition) is 1. The number of nitrogens with two attached hydrogens (primary N) is 1. The molecule has 1 aromatic heterocycles. The van der Waals surface area contributed by atoms with Crippen molar-refractivity contribution in [1.82, 2.24) is 4.98 Å². The summed E-state index contributed by atoms with van der Waals surface area (Å²) in [6.07, 6.45) is 1.33. The molecule has 0 aliphatic heterocycles. The first kappa shape index (κ1) is 11.3. The van der Waals surface area contributed by atoms with E-state index in [0.717, 1.165) is 12.1 Å². The molecule has 0 atom stereocenters. The Bertz CT molecular complexity index is 307. The Kier molecular flexibility index (Phi) is 4.22. The van der Waals surface area contributed by atoms with Gasteiger partial charge in [-0.15, -0.1) is 11.3 Å². The highest BCUT2D eigenvalue weighted by molar-refractivity contribution is 7.11. The monoisotopic (exact) mass is 212 g/mol. The Balaban J connectivity index is 2.62. The number of carbonyl (C=O) groups excluding carboxylic acids is 1. The lowest BCUT2D eigenvalue weighted by molar-refractivity contribution is 0.0967. The third-order valence-electron chi connectivity index (χ3n) is 1.78. The van der Waals surface area contributed by atoms with Crippen LogP contribution in [0.25, 0.3) is 0 Å². The Labute approximate surface area is 88.3 Å². The minimum absolute atomic E-state index is 0.147. The summed E-state index contributed by atoms with van der Waals surface area (Å²) in [6, 6.07) is 0. The summed E-state index contributed by atoms with van der Waals surface area (Å²) in [4.78, 5) is 15.8. The summed E-state index contributed by atoms with van der Waals surface area (Å²) in [5, 5.41) is 2.54. The van der Waals surface area contributed by atoms with E-state index < -0.39 is 0 Å². The molecule has 0 fully saturated rings. The topological polar surface area (TPSA) is 56.0 Å². The molecule has 0 aliphatic carbocycles. The van der Waals surface area contributed by atoms with Crippen LogP contribution in [0.5, 0.6) is 0 Å². The smallest absolute Gasteiger partial charge is 0.191 e. The third-order valence-corrected chi connectivity index (χ3v) is 2.72. The minimum atomic E-state index is 0.147. The van der Waals surface area contributed by atoms with Gasteiger partial charge in [-0.3, -0.25) is 4.79 Å². The van der Waals surface area contributed by atoms with Crippen molar-refractivity contribution in [3.05, 3.63) is 16.1 Å². The molecular formula is C10H16N2OS. The van der Waals surface area contributed by atoms with E-state index in [1.807, 2.05) is 19.2 Å². The van der Waals surface area contributed by atoms with E-state index in [4.69, 9.17) is 5.73 Å². The normalized spacial score (nSPS) is 10.9. The number of hydrogen-bond acceptors (Lipinski definition) is 4. The molecule has 14 heavy (non-hydrogen) atoms. The van der Waals surface area contributed by atoms with Crippen molar-refractivity contribution in [1.29, 1.82) is 0 Å². The number of ketones is 1. The lowest BCUT2D eigenvalue weighted by Gasteiger charge is -1.99. The number of aromatic nitrogens is 1. The maximum atomic E-state index is 11.6. The van der Waals surface area contributed by atoms with E-state index in [2.05, 4.69) is 4.98 Å². The number of nitrogens with zero attached hydrogens (tertiary/aromatic N) is 1. The van der Waals surface area contributed by atoms with Gasteiger partial charge in [0.1, 0.15) is 0 Å². The molecule has 0 unspecified atom stereocenters. The highest BCUT2D eigenvalue weighted by Crippen LogP contribution is 2.14. The lowest BCUT2D eigenvalue weighted by Crippen LogP contribution is -2.05. The summed E-state index contributed by atoms with van der Waals surface area (Å²) < 4.78 is 0. The fourth-order valence-electron chi connectivity index (χ4n) is 1.16. The van der Waals surface area contributed by atoms with Gasteiger partial charge in [0, 0.05) is 18.2 Å². The fourth-order valence-corrected chi connectivity index (χ4v) is 1.96. The molecule has 1 heterocycles. The number of carbonyl (C=O) groups is 1. The van der Waals surface area contributed by atoms with Gasteiger partial charge in [0.15, 0.2) is 10.8 Å². The zero-order chi connectivity index (χ0) is 10.6. The average Bonchev–Trinajstić information content (AvgIpc) is 2.52. The molecule has 0 spiro atoms. The van der Waals surface area contributed by atoms with Crippen LogP contribution in [0.15, 0.2) is 5.38 Å². The van der Waals surface area contributed by atoms with Gasteiger partial charge in [-0.1, -0.05) is 13.8 Å². The average molecular weight is 212 g/mol. The summed E-state index contributed by atoms with van der Waals surface area (Å²) in [6.45, 7) is 4.65. The van der Waals surface area contributed by atoms with Gasteiger partial charge in [-0.2, -0.15) is 0 Å². The summed E-state index contributed by atoms with van der Waals surface area (Å²) in [5.74, 6) is 0.539. The van der Waals surface area contributed by atoms with Crippen LogP contribution in [0.2, 0.25) is 0 Å². The van der Waals surface area contributed by atoms with Crippen LogP contribution in [-0.2, 0) is 6.42 Å². The molecular weight excluding hydrogens is 196 g/mol. The maximum Gasteiger partial charge on any atom is 0.191 e. The zero-order valence-corrected chi connectivity index (χ0v) is 9.43. The summed E-state index contributed by atoms with van der Waals surface area (Å²) in [7, 11) is 0. The first-order valence-electron chi connectivity index (χ1n) is 4.81. The van der Waals surface area contributed by atoms with E-state index in [-0.39, 0.29) is 5.78 Å². The van der Waals surface area contributed by atoms with Crippen LogP contribution in [0.4, 0.5) is 0 Å². The van der Waals surface area contributed by atoms with Crippen molar-refractivity contribution in [3.8, 4) is 0 Å². The molecule has 0 radical (unpaired) electrons. The van der Waals surface area contributed by atoms with Crippen molar-refractivity contribution in [2.45, 2.75) is 26.7 Å². The first-order valence-corrected chi connectivity index (χ1v) is 5.69. The molecule has 0 bridgehead atoms. The molecule has 0 aromatic carbocycles. The fraction of sp³-hybridized carbons (Fsp3) is 0.600. The molecule has 2 N–H and O–H groups in total. The van der Waals surface area contributed by atoms with Crippen molar-refractivity contribution in [2.75, 3.05) is 6.54 Å². The van der Waals surface area contributed by atoms with E-state index in [0.29, 0.717) is 23.9 Å². The van der Waals surface area contributed by atoms with Gasteiger partial charge in [-0.05, 0) is 12.5 Å². The van der Waals surface area contributed by atoms with Gasteiger partial charge in [-0.25, -0.2) is 4.98 Å². The lowest BCUT2D eigenvalue weighted by atomic mass is 10.1. The van der Waals surface area contributed by atoms with Crippen molar-refractivity contribution >= 4 is 17.1 Å². The number of Topliss-reactive ketones (excluding diaryl/α,β-unsaturated/α-hetero) is 1. The predicted molar refractivity (Wildman–Crippen MR) is 58.7 cm³/mol. The van der Waals surface area contributed by atoms with Crippen LogP contribution in [0.1, 0.15) is 35.8 Å². The van der Waals surface area contributed by atoms with E-state index >= 15 is 0 Å². The molecule has 0 aliphatic rings. The predicted octanol–water partition coefficient (Wildman–Crippen LogP) is 1.87. The Morgan fingerprint density at radius 3 is 2.93 bits per heavy atom. The minimum Gasteiger partial charge on any atom is -0.330 e. The van der Waals surface area contributed by atoms with Gasteiger partial charge < -0.3 is 5.73 Å². The molecule has 0 amide bonds. The number of rotatable bonds is 5. The highest BCUT2D eigenvalue weighted by Gasteiger charge is 2.12. The Morgan fingerprint density at radius 1 is 1.64 bits per heavy atom. The largest absolute Gasteiger partial charge is 0.330 e. The van der Waals surface area contributed by atoms with Crippen molar-refractivity contribution in [2.24, 2.45) is 11.7 Å². The second-order valence-corrected chi connectivity index (χ2v) is 4.56. The third kappa shape index (κ3) is 3.20. The van der Waals surface area contributed by atoms with Crippen molar-refractivity contribution in [3.63, 3.8) is 0 Å². The van der Waals surface area contributed by atoms with E-state index in [1.165, 1.54) is 11.3 Å². The molecule has 1 aromatic rings. The SMILES string of the molecule is CC(C)CC(=O)c1nc(CCN)cs1. The maximum absolute atomic E-state index is 11.6. The van der Waals surface area contributed by atoms with Gasteiger partial charge in [0.2, 0.25) is 0 Å². The van der Waals surface area contributed by atoms with Crippen LogP contribution in [0.3, 0.4) is 0 Å². The molecule has 3 nitrogen and oxygen atoms in total. The second-order valence-electron chi connectivity index (χ2n) is 3.70. The Morgan fingerprint density at radius 2 is 2.36 bits per heavy atom. The molecule has 4 heteroatoms. The van der Waals surface area contributed by atoms with E-state index in [9.17, 15) is 4.79 Å². The molecule has 0 saturated heterocycles. The highest BCUT2D eigenvalue weighted by atomic mass is 32.1. The van der Waals surface area contributed by atoms with Gasteiger partial charge in [0.25, 0.3) is 0 Å². The van der Waals surface area contributed by atoms with Crippen LogP contribution in [-0.4, -0.2) is 17.3 Å².